The zero-order valence-electron chi connectivity index (χ0n) is 12.0. The Balaban J connectivity index is 0.00000220. The van der Waals surface area contributed by atoms with Gasteiger partial charge in [0.2, 0.25) is 11.8 Å². The van der Waals surface area contributed by atoms with Crippen LogP contribution in [0.2, 0.25) is 0 Å². The average Bonchev–Trinajstić information content (AvgIpc) is 2.45. The molecule has 1 atom stereocenters. The van der Waals surface area contributed by atoms with Crippen LogP contribution in [0.3, 0.4) is 0 Å². The van der Waals surface area contributed by atoms with Crippen molar-refractivity contribution in [3.8, 4) is 0 Å². The number of nitrogens with two attached hydrogens (primary N) is 1. The first-order valence-electron chi connectivity index (χ1n) is 7.00. The number of nitrogens with one attached hydrogen (secondary N) is 1. The van der Waals surface area contributed by atoms with Crippen LogP contribution in [0.4, 0.5) is 5.69 Å². The monoisotopic (exact) mass is 311 g/mol. The van der Waals surface area contributed by atoms with Crippen molar-refractivity contribution >= 4 is 29.9 Å². The van der Waals surface area contributed by atoms with E-state index < -0.39 is 0 Å². The summed E-state index contributed by atoms with van der Waals surface area (Å²) in [5.74, 6) is -0.00309. The van der Waals surface area contributed by atoms with Gasteiger partial charge in [-0.05, 0) is 30.9 Å². The molecular formula is C15H22ClN3O2. The van der Waals surface area contributed by atoms with Gasteiger partial charge in [-0.15, -0.1) is 12.4 Å². The van der Waals surface area contributed by atoms with Gasteiger partial charge in [-0.25, -0.2) is 0 Å². The van der Waals surface area contributed by atoms with E-state index in [4.69, 9.17) is 5.73 Å². The van der Waals surface area contributed by atoms with Crippen molar-refractivity contribution in [2.75, 3.05) is 25.0 Å². The number of hydrogen-bond donors (Lipinski definition) is 2. The van der Waals surface area contributed by atoms with Crippen LogP contribution in [-0.4, -0.2) is 36.3 Å². The minimum absolute atomic E-state index is 0. The van der Waals surface area contributed by atoms with Crippen LogP contribution < -0.4 is 11.1 Å². The molecule has 1 aromatic rings. The fourth-order valence-electron chi connectivity index (χ4n) is 2.59. The summed E-state index contributed by atoms with van der Waals surface area (Å²) in [7, 11) is 0. The summed E-state index contributed by atoms with van der Waals surface area (Å²) in [5, 5.41) is 3.11. The van der Waals surface area contributed by atoms with E-state index in [0.717, 1.165) is 25.1 Å². The van der Waals surface area contributed by atoms with Crippen molar-refractivity contribution in [2.45, 2.75) is 19.3 Å². The SMILES string of the molecule is Cl.NC(=O)CC1CCCN(C(=O)CNc2ccccc2)C1. The van der Waals surface area contributed by atoms with Crippen molar-refractivity contribution in [3.05, 3.63) is 30.3 Å². The second-order valence-electron chi connectivity index (χ2n) is 5.24. The quantitative estimate of drug-likeness (QED) is 0.868. The average molecular weight is 312 g/mol. The number of anilines is 1. The van der Waals surface area contributed by atoms with Crippen molar-refractivity contribution in [1.29, 1.82) is 0 Å². The molecule has 116 valence electrons. The lowest BCUT2D eigenvalue weighted by atomic mass is 9.94. The molecule has 1 aliphatic heterocycles. The van der Waals surface area contributed by atoms with Gasteiger partial charge in [0.05, 0.1) is 6.54 Å². The summed E-state index contributed by atoms with van der Waals surface area (Å²) in [4.78, 5) is 24.9. The molecule has 6 heteroatoms. The van der Waals surface area contributed by atoms with Crippen molar-refractivity contribution in [2.24, 2.45) is 11.7 Å². The van der Waals surface area contributed by atoms with E-state index in [0.29, 0.717) is 13.0 Å². The van der Waals surface area contributed by atoms with Gasteiger partial charge in [0.25, 0.3) is 0 Å². The Morgan fingerprint density at radius 2 is 2.00 bits per heavy atom. The highest BCUT2D eigenvalue weighted by molar-refractivity contribution is 5.85. The van der Waals surface area contributed by atoms with E-state index in [1.165, 1.54) is 0 Å². The third-order valence-corrected chi connectivity index (χ3v) is 3.58. The van der Waals surface area contributed by atoms with Crippen molar-refractivity contribution in [3.63, 3.8) is 0 Å². The summed E-state index contributed by atoms with van der Waals surface area (Å²) in [6.45, 7) is 1.69. The number of para-hydroxylation sites is 1. The molecular weight excluding hydrogens is 290 g/mol. The predicted octanol–water partition coefficient (Wildman–Crippen LogP) is 1.63. The number of carbonyl (C=O) groups excluding carboxylic acids is 2. The largest absolute Gasteiger partial charge is 0.376 e. The second kappa shape index (κ2) is 8.52. The number of likely N-dealkylation sites (tertiary alicyclic amines) is 1. The molecule has 0 bridgehead atoms. The van der Waals surface area contributed by atoms with Crippen LogP contribution in [-0.2, 0) is 9.59 Å². The van der Waals surface area contributed by atoms with Gasteiger partial charge in [-0.2, -0.15) is 0 Å². The zero-order chi connectivity index (χ0) is 14.4. The molecule has 21 heavy (non-hydrogen) atoms. The van der Waals surface area contributed by atoms with E-state index in [9.17, 15) is 9.59 Å². The summed E-state index contributed by atoms with van der Waals surface area (Å²) in [5.41, 5.74) is 6.16. The van der Waals surface area contributed by atoms with Gasteiger partial charge in [0.1, 0.15) is 0 Å². The van der Waals surface area contributed by atoms with E-state index >= 15 is 0 Å². The fraction of sp³-hybridized carbons (Fsp3) is 0.467. The first-order chi connectivity index (χ1) is 9.65. The molecule has 1 fully saturated rings. The lowest BCUT2D eigenvalue weighted by Crippen LogP contribution is -2.43. The van der Waals surface area contributed by atoms with E-state index in [-0.39, 0.29) is 36.7 Å². The molecule has 0 saturated carbocycles. The van der Waals surface area contributed by atoms with Gasteiger partial charge in [0.15, 0.2) is 0 Å². The number of amides is 2. The lowest BCUT2D eigenvalue weighted by Gasteiger charge is -2.32. The third kappa shape index (κ3) is 5.63. The topological polar surface area (TPSA) is 75.4 Å². The number of primary amides is 1. The highest BCUT2D eigenvalue weighted by Crippen LogP contribution is 2.19. The fourth-order valence-corrected chi connectivity index (χ4v) is 2.59. The molecule has 0 aromatic heterocycles. The molecule has 1 saturated heterocycles. The molecule has 2 amide bonds. The van der Waals surface area contributed by atoms with Crippen LogP contribution in [0.1, 0.15) is 19.3 Å². The third-order valence-electron chi connectivity index (χ3n) is 3.58. The van der Waals surface area contributed by atoms with Crippen LogP contribution in [0.25, 0.3) is 0 Å². The first kappa shape index (κ1) is 17.3. The van der Waals surface area contributed by atoms with E-state index in [2.05, 4.69) is 5.32 Å². The maximum Gasteiger partial charge on any atom is 0.241 e. The summed E-state index contributed by atoms with van der Waals surface area (Å²) >= 11 is 0. The number of carbonyl (C=O) groups is 2. The Morgan fingerprint density at radius 3 is 2.67 bits per heavy atom. The first-order valence-corrected chi connectivity index (χ1v) is 7.00. The van der Waals surface area contributed by atoms with Gasteiger partial charge in [-0.1, -0.05) is 18.2 Å². The highest BCUT2D eigenvalue weighted by Gasteiger charge is 2.24. The van der Waals surface area contributed by atoms with Gasteiger partial charge < -0.3 is 16.0 Å². The lowest BCUT2D eigenvalue weighted by molar-refractivity contribution is -0.132. The Labute approximate surface area is 131 Å². The number of rotatable bonds is 5. The molecule has 0 aliphatic carbocycles. The van der Waals surface area contributed by atoms with Crippen LogP contribution >= 0.6 is 12.4 Å². The number of halogens is 1. The number of piperidine rings is 1. The standard InChI is InChI=1S/C15H21N3O2.ClH/c16-14(19)9-12-5-4-8-18(11-12)15(20)10-17-13-6-2-1-3-7-13;/h1-3,6-7,12,17H,4-5,8-11H2,(H2,16,19);1H. The molecule has 0 spiro atoms. The Morgan fingerprint density at radius 1 is 1.29 bits per heavy atom. The Kier molecular flexibility index (Phi) is 7.02. The number of benzene rings is 1. The summed E-state index contributed by atoms with van der Waals surface area (Å²) in [6.07, 6.45) is 2.28. The molecule has 3 N–H and O–H groups in total. The number of nitrogens with zero attached hydrogens (tertiary/aromatic N) is 1. The Hall–Kier alpha value is -1.75. The highest BCUT2D eigenvalue weighted by atomic mass is 35.5. The zero-order valence-corrected chi connectivity index (χ0v) is 12.8. The maximum absolute atomic E-state index is 12.2. The molecule has 0 radical (unpaired) electrons. The van der Waals surface area contributed by atoms with Gasteiger partial charge >= 0.3 is 0 Å². The van der Waals surface area contributed by atoms with E-state index in [1.54, 1.807) is 0 Å². The molecule has 1 heterocycles. The minimum atomic E-state index is -0.285. The van der Waals surface area contributed by atoms with Crippen LogP contribution in [0.15, 0.2) is 30.3 Å². The minimum Gasteiger partial charge on any atom is -0.376 e. The van der Waals surface area contributed by atoms with Crippen molar-refractivity contribution < 1.29 is 9.59 Å². The van der Waals surface area contributed by atoms with Crippen LogP contribution in [0, 0.1) is 5.92 Å². The van der Waals surface area contributed by atoms with Gasteiger partial charge in [-0.3, -0.25) is 9.59 Å². The summed E-state index contributed by atoms with van der Waals surface area (Å²) < 4.78 is 0. The second-order valence-corrected chi connectivity index (χ2v) is 5.24. The summed E-state index contributed by atoms with van der Waals surface area (Å²) in [6, 6.07) is 9.65. The maximum atomic E-state index is 12.2. The van der Waals surface area contributed by atoms with E-state index in [1.807, 2.05) is 35.2 Å². The van der Waals surface area contributed by atoms with Crippen molar-refractivity contribution in [1.82, 2.24) is 4.90 Å². The molecule has 1 aliphatic rings. The van der Waals surface area contributed by atoms with Crippen LogP contribution in [0.5, 0.6) is 0 Å². The molecule has 2 rings (SSSR count). The molecule has 1 unspecified atom stereocenters. The van der Waals surface area contributed by atoms with Gasteiger partial charge in [0, 0.05) is 25.2 Å². The molecule has 1 aromatic carbocycles. The normalized spacial score (nSPS) is 17.7. The predicted molar refractivity (Wildman–Crippen MR) is 85.3 cm³/mol. The smallest absolute Gasteiger partial charge is 0.241 e. The molecule has 5 nitrogen and oxygen atoms in total. The number of hydrogen-bond acceptors (Lipinski definition) is 3. The Bertz CT molecular complexity index is 467.